The first-order valence-corrected chi connectivity index (χ1v) is 11.6. The zero-order chi connectivity index (χ0) is 22.5. The van der Waals surface area contributed by atoms with Crippen LogP contribution in [0.1, 0.15) is 16.7 Å². The number of thioether (sulfide) groups is 1. The second-order valence-electron chi connectivity index (χ2n) is 7.44. The standard InChI is InChI=1S/C25H22ClN3O2S/c1-17-10-12-18(13-11-17)15-29-22-9-5-4-8-21(22)28-24(25(29)31)32-16-23(30)27-14-19-6-2-3-7-20(19)26/h2-13H,14-16H2,1H3,(H,27,30). The molecular weight excluding hydrogens is 442 g/mol. The Balaban J connectivity index is 1.53. The number of hydrogen-bond donors (Lipinski definition) is 1. The van der Waals surface area contributed by atoms with Crippen molar-refractivity contribution in [2.75, 3.05) is 5.75 Å². The molecule has 0 fully saturated rings. The van der Waals surface area contributed by atoms with Gasteiger partial charge in [-0.05, 0) is 36.2 Å². The minimum absolute atomic E-state index is 0.0928. The number of rotatable bonds is 7. The quantitative estimate of drug-likeness (QED) is 0.399. The number of amides is 1. The molecule has 4 rings (SSSR count). The molecule has 4 aromatic rings. The Morgan fingerprint density at radius 1 is 1.03 bits per heavy atom. The van der Waals surface area contributed by atoms with Crippen molar-refractivity contribution in [2.45, 2.75) is 25.0 Å². The van der Waals surface area contributed by atoms with Crippen molar-refractivity contribution in [3.05, 3.63) is 105 Å². The number of halogens is 1. The van der Waals surface area contributed by atoms with Crippen LogP contribution in [0.15, 0.2) is 82.6 Å². The fraction of sp³-hybridized carbons (Fsp3) is 0.160. The molecule has 0 aliphatic rings. The van der Waals surface area contributed by atoms with Crippen LogP contribution in [0, 0.1) is 6.92 Å². The van der Waals surface area contributed by atoms with Gasteiger partial charge in [-0.3, -0.25) is 14.2 Å². The lowest BCUT2D eigenvalue weighted by Gasteiger charge is -2.12. The van der Waals surface area contributed by atoms with Crippen LogP contribution in [0.4, 0.5) is 0 Å². The molecule has 3 aromatic carbocycles. The predicted octanol–water partition coefficient (Wildman–Crippen LogP) is 4.82. The molecule has 1 heterocycles. The van der Waals surface area contributed by atoms with E-state index < -0.39 is 0 Å². The summed E-state index contributed by atoms with van der Waals surface area (Å²) in [6, 6.07) is 23.0. The molecule has 0 atom stereocenters. The van der Waals surface area contributed by atoms with E-state index in [9.17, 15) is 9.59 Å². The molecule has 0 radical (unpaired) electrons. The van der Waals surface area contributed by atoms with Crippen molar-refractivity contribution in [1.82, 2.24) is 14.9 Å². The monoisotopic (exact) mass is 463 g/mol. The Morgan fingerprint density at radius 3 is 2.53 bits per heavy atom. The molecular formula is C25H22ClN3O2S. The molecule has 0 bridgehead atoms. The van der Waals surface area contributed by atoms with Gasteiger partial charge < -0.3 is 5.32 Å². The summed E-state index contributed by atoms with van der Waals surface area (Å²) in [5.41, 5.74) is 4.33. The van der Waals surface area contributed by atoms with Crippen molar-refractivity contribution in [1.29, 1.82) is 0 Å². The highest BCUT2D eigenvalue weighted by atomic mass is 35.5. The lowest BCUT2D eigenvalue weighted by atomic mass is 10.1. The molecule has 1 amide bonds. The fourth-order valence-electron chi connectivity index (χ4n) is 3.32. The SMILES string of the molecule is Cc1ccc(Cn2c(=O)c(SCC(=O)NCc3ccccc3Cl)nc3ccccc32)cc1. The van der Waals surface area contributed by atoms with Gasteiger partial charge in [-0.1, -0.05) is 83.5 Å². The van der Waals surface area contributed by atoms with Gasteiger partial charge in [0.15, 0.2) is 5.03 Å². The first-order chi connectivity index (χ1) is 15.5. The fourth-order valence-corrected chi connectivity index (χ4v) is 4.29. The van der Waals surface area contributed by atoms with Crippen molar-refractivity contribution >= 4 is 40.3 Å². The minimum atomic E-state index is -0.201. The van der Waals surface area contributed by atoms with Crippen LogP contribution in [0.5, 0.6) is 0 Å². The van der Waals surface area contributed by atoms with E-state index in [0.717, 1.165) is 33.9 Å². The Kier molecular flexibility index (Phi) is 6.93. The molecule has 7 heteroatoms. The van der Waals surface area contributed by atoms with Crippen LogP contribution >= 0.6 is 23.4 Å². The molecule has 0 aliphatic heterocycles. The van der Waals surface area contributed by atoms with Gasteiger partial charge in [0.25, 0.3) is 5.56 Å². The Labute approximate surface area is 195 Å². The van der Waals surface area contributed by atoms with E-state index in [-0.39, 0.29) is 17.2 Å². The van der Waals surface area contributed by atoms with E-state index in [2.05, 4.69) is 10.3 Å². The Morgan fingerprint density at radius 2 is 1.75 bits per heavy atom. The molecule has 0 spiro atoms. The number of fused-ring (bicyclic) bond motifs is 1. The smallest absolute Gasteiger partial charge is 0.283 e. The number of nitrogens with zero attached hydrogens (tertiary/aromatic N) is 2. The third-order valence-corrected chi connectivity index (χ3v) is 6.37. The van der Waals surface area contributed by atoms with Gasteiger partial charge in [-0.15, -0.1) is 0 Å². The van der Waals surface area contributed by atoms with E-state index in [1.807, 2.05) is 73.7 Å². The summed E-state index contributed by atoms with van der Waals surface area (Å²) in [6.45, 7) is 2.81. The van der Waals surface area contributed by atoms with Gasteiger partial charge in [-0.2, -0.15) is 0 Å². The summed E-state index contributed by atoms with van der Waals surface area (Å²) in [5, 5.41) is 3.76. The number of carbonyl (C=O) groups is 1. The van der Waals surface area contributed by atoms with Gasteiger partial charge in [0, 0.05) is 11.6 Å². The van der Waals surface area contributed by atoms with E-state index in [4.69, 9.17) is 11.6 Å². The summed E-state index contributed by atoms with van der Waals surface area (Å²) in [6.07, 6.45) is 0. The number of hydrogen-bond acceptors (Lipinski definition) is 4. The number of aryl methyl sites for hydroxylation is 1. The molecule has 1 aromatic heterocycles. The van der Waals surface area contributed by atoms with Crippen LogP contribution in [-0.4, -0.2) is 21.2 Å². The highest BCUT2D eigenvalue weighted by molar-refractivity contribution is 7.99. The van der Waals surface area contributed by atoms with Crippen LogP contribution in [0.25, 0.3) is 11.0 Å². The van der Waals surface area contributed by atoms with E-state index in [1.165, 1.54) is 5.56 Å². The van der Waals surface area contributed by atoms with Crippen molar-refractivity contribution in [3.8, 4) is 0 Å². The number of carbonyl (C=O) groups excluding carboxylic acids is 1. The van der Waals surface area contributed by atoms with Crippen molar-refractivity contribution in [3.63, 3.8) is 0 Å². The maximum absolute atomic E-state index is 13.2. The van der Waals surface area contributed by atoms with Gasteiger partial charge in [-0.25, -0.2) is 4.98 Å². The van der Waals surface area contributed by atoms with Crippen molar-refractivity contribution < 1.29 is 4.79 Å². The first-order valence-electron chi connectivity index (χ1n) is 10.2. The number of para-hydroxylation sites is 2. The molecule has 32 heavy (non-hydrogen) atoms. The summed E-state index contributed by atoms with van der Waals surface area (Å²) < 4.78 is 1.72. The van der Waals surface area contributed by atoms with E-state index >= 15 is 0 Å². The number of nitrogens with one attached hydrogen (secondary N) is 1. The molecule has 0 unspecified atom stereocenters. The third-order valence-electron chi connectivity index (χ3n) is 5.06. The zero-order valence-electron chi connectivity index (χ0n) is 17.5. The molecule has 0 saturated carbocycles. The van der Waals surface area contributed by atoms with Gasteiger partial charge >= 0.3 is 0 Å². The Hall–Kier alpha value is -3.09. The highest BCUT2D eigenvalue weighted by Gasteiger charge is 2.14. The summed E-state index contributed by atoms with van der Waals surface area (Å²) >= 11 is 7.29. The first kappa shape index (κ1) is 22.1. The Bertz CT molecular complexity index is 1320. The molecule has 0 saturated heterocycles. The zero-order valence-corrected chi connectivity index (χ0v) is 19.1. The van der Waals surface area contributed by atoms with Crippen LogP contribution in [0.2, 0.25) is 5.02 Å². The largest absolute Gasteiger partial charge is 0.351 e. The average Bonchev–Trinajstić information content (AvgIpc) is 2.80. The van der Waals surface area contributed by atoms with Crippen molar-refractivity contribution in [2.24, 2.45) is 0 Å². The number of benzene rings is 3. The topological polar surface area (TPSA) is 64.0 Å². The lowest BCUT2D eigenvalue weighted by molar-refractivity contribution is -0.118. The van der Waals surface area contributed by atoms with E-state index in [0.29, 0.717) is 23.1 Å². The molecule has 162 valence electrons. The molecule has 1 N–H and O–H groups in total. The predicted molar refractivity (Wildman–Crippen MR) is 130 cm³/mol. The maximum Gasteiger partial charge on any atom is 0.283 e. The van der Waals surface area contributed by atoms with Gasteiger partial charge in [0.05, 0.1) is 23.3 Å². The second kappa shape index (κ2) is 10.0. The van der Waals surface area contributed by atoms with Crippen LogP contribution in [-0.2, 0) is 17.9 Å². The van der Waals surface area contributed by atoms with E-state index in [1.54, 1.807) is 10.6 Å². The summed E-state index contributed by atoms with van der Waals surface area (Å²) in [7, 11) is 0. The van der Waals surface area contributed by atoms with Crippen LogP contribution in [0.3, 0.4) is 0 Å². The molecule has 5 nitrogen and oxygen atoms in total. The minimum Gasteiger partial charge on any atom is -0.351 e. The normalized spacial score (nSPS) is 10.9. The third kappa shape index (κ3) is 5.21. The van der Waals surface area contributed by atoms with Gasteiger partial charge in [0.1, 0.15) is 0 Å². The summed E-state index contributed by atoms with van der Waals surface area (Å²) in [4.78, 5) is 30.1. The second-order valence-corrected chi connectivity index (χ2v) is 8.81. The summed E-state index contributed by atoms with van der Waals surface area (Å²) in [5.74, 6) is -0.0930. The maximum atomic E-state index is 13.2. The number of aromatic nitrogens is 2. The average molecular weight is 464 g/mol. The van der Waals surface area contributed by atoms with Gasteiger partial charge in [0.2, 0.25) is 5.91 Å². The highest BCUT2D eigenvalue weighted by Crippen LogP contribution is 2.18. The van der Waals surface area contributed by atoms with Crippen LogP contribution < -0.4 is 10.9 Å². The molecule has 0 aliphatic carbocycles. The lowest BCUT2D eigenvalue weighted by Crippen LogP contribution is -2.27.